The number of anilines is 1. The van der Waals surface area contributed by atoms with Crippen molar-refractivity contribution >= 4 is 45.5 Å². The van der Waals surface area contributed by atoms with Crippen LogP contribution in [0, 0.1) is 0 Å². The number of aromatic nitrogens is 2. The van der Waals surface area contributed by atoms with E-state index in [-0.39, 0.29) is 5.91 Å². The molecule has 0 atom stereocenters. The molecule has 0 saturated carbocycles. The van der Waals surface area contributed by atoms with Gasteiger partial charge in [-0.25, -0.2) is 0 Å². The van der Waals surface area contributed by atoms with Crippen molar-refractivity contribution in [2.24, 2.45) is 0 Å². The molecule has 5 nitrogen and oxygen atoms in total. The van der Waals surface area contributed by atoms with E-state index in [1.807, 2.05) is 42.2 Å². The number of carbonyl (C=O) groups excluding carboxylic acids is 1. The summed E-state index contributed by atoms with van der Waals surface area (Å²) < 4.78 is 0.817. The van der Waals surface area contributed by atoms with Crippen LogP contribution in [0.25, 0.3) is 0 Å². The zero-order chi connectivity index (χ0) is 18.9. The van der Waals surface area contributed by atoms with Crippen LogP contribution < -0.4 is 5.32 Å². The second-order valence-corrected chi connectivity index (χ2v) is 9.04. The SMILES string of the molecule is CCN(Cc1ccccc1)C(=O)CSc1nnc(NCCc2cccs2)s1. The quantitative estimate of drug-likeness (QED) is 0.495. The van der Waals surface area contributed by atoms with Crippen molar-refractivity contribution in [3.05, 3.63) is 58.3 Å². The zero-order valence-electron chi connectivity index (χ0n) is 15.1. The molecule has 2 heterocycles. The number of thiophene rings is 1. The van der Waals surface area contributed by atoms with Gasteiger partial charge >= 0.3 is 0 Å². The third kappa shape index (κ3) is 6.34. The molecule has 0 bridgehead atoms. The van der Waals surface area contributed by atoms with Gasteiger partial charge in [-0.15, -0.1) is 21.5 Å². The van der Waals surface area contributed by atoms with Crippen molar-refractivity contribution in [2.75, 3.05) is 24.2 Å². The summed E-state index contributed by atoms with van der Waals surface area (Å²) >= 11 is 4.71. The number of benzene rings is 1. The predicted molar refractivity (Wildman–Crippen MR) is 115 cm³/mol. The third-order valence-electron chi connectivity index (χ3n) is 3.90. The maximum Gasteiger partial charge on any atom is 0.233 e. The van der Waals surface area contributed by atoms with E-state index >= 15 is 0 Å². The molecule has 1 aromatic carbocycles. The zero-order valence-corrected chi connectivity index (χ0v) is 17.6. The van der Waals surface area contributed by atoms with Gasteiger partial charge in [-0.1, -0.05) is 59.5 Å². The van der Waals surface area contributed by atoms with E-state index < -0.39 is 0 Å². The van der Waals surface area contributed by atoms with E-state index in [2.05, 4.69) is 33.0 Å². The molecule has 0 radical (unpaired) electrons. The largest absolute Gasteiger partial charge is 0.360 e. The first-order valence-corrected chi connectivity index (χ1v) is 11.5. The van der Waals surface area contributed by atoms with Crippen LogP contribution >= 0.6 is 34.4 Å². The minimum Gasteiger partial charge on any atom is -0.360 e. The van der Waals surface area contributed by atoms with E-state index in [0.29, 0.717) is 18.8 Å². The molecule has 0 unspecified atom stereocenters. The monoisotopic (exact) mass is 418 g/mol. The highest BCUT2D eigenvalue weighted by molar-refractivity contribution is 8.01. The number of carbonyl (C=O) groups is 1. The number of hydrogen-bond acceptors (Lipinski definition) is 7. The molecule has 1 amide bonds. The average Bonchev–Trinajstić information content (AvgIpc) is 3.37. The topological polar surface area (TPSA) is 58.1 Å². The van der Waals surface area contributed by atoms with Gasteiger partial charge in [0.2, 0.25) is 11.0 Å². The molecule has 1 N–H and O–H groups in total. The average molecular weight is 419 g/mol. The third-order valence-corrected chi connectivity index (χ3v) is 6.84. The van der Waals surface area contributed by atoms with Crippen LogP contribution in [0.15, 0.2) is 52.2 Å². The maximum atomic E-state index is 12.5. The Balaban J connectivity index is 1.43. The van der Waals surface area contributed by atoms with Gasteiger partial charge in [0.25, 0.3) is 0 Å². The molecule has 0 aliphatic heterocycles. The molecule has 0 aliphatic carbocycles. The minimum atomic E-state index is 0.119. The fourth-order valence-corrected chi connectivity index (χ4v) is 4.87. The van der Waals surface area contributed by atoms with Gasteiger partial charge in [0, 0.05) is 24.5 Å². The van der Waals surface area contributed by atoms with Gasteiger partial charge < -0.3 is 10.2 Å². The highest BCUT2D eigenvalue weighted by atomic mass is 32.2. The fraction of sp³-hybridized carbons (Fsp3) is 0.316. The summed E-state index contributed by atoms with van der Waals surface area (Å²) in [5.74, 6) is 0.499. The van der Waals surface area contributed by atoms with Crippen molar-refractivity contribution in [1.29, 1.82) is 0 Å². The summed E-state index contributed by atoms with van der Waals surface area (Å²) in [6.45, 7) is 4.17. The molecule has 2 aromatic heterocycles. The van der Waals surface area contributed by atoms with E-state index in [4.69, 9.17) is 0 Å². The molecular weight excluding hydrogens is 396 g/mol. The Morgan fingerprint density at radius 3 is 2.78 bits per heavy atom. The van der Waals surface area contributed by atoms with E-state index in [1.165, 1.54) is 28.0 Å². The van der Waals surface area contributed by atoms with Crippen LogP contribution in [0.3, 0.4) is 0 Å². The number of thioether (sulfide) groups is 1. The summed E-state index contributed by atoms with van der Waals surface area (Å²) in [5, 5.41) is 14.5. The number of nitrogens with one attached hydrogen (secondary N) is 1. The second kappa shape index (κ2) is 10.4. The lowest BCUT2D eigenvalue weighted by Crippen LogP contribution is -2.31. The highest BCUT2D eigenvalue weighted by Gasteiger charge is 2.14. The molecule has 0 aliphatic rings. The normalized spacial score (nSPS) is 10.7. The van der Waals surface area contributed by atoms with Gasteiger partial charge in [-0.05, 0) is 30.4 Å². The van der Waals surface area contributed by atoms with Crippen molar-refractivity contribution in [3.8, 4) is 0 Å². The number of nitrogens with zero attached hydrogens (tertiary/aromatic N) is 3. The summed E-state index contributed by atoms with van der Waals surface area (Å²) in [7, 11) is 0. The van der Waals surface area contributed by atoms with Gasteiger partial charge in [-0.3, -0.25) is 4.79 Å². The molecule has 8 heteroatoms. The lowest BCUT2D eigenvalue weighted by Gasteiger charge is -2.20. The Labute approximate surface area is 171 Å². The first kappa shape index (κ1) is 19.9. The molecule has 3 rings (SSSR count). The summed E-state index contributed by atoms with van der Waals surface area (Å²) in [6.07, 6.45) is 0.975. The van der Waals surface area contributed by atoms with Gasteiger partial charge in [0.05, 0.1) is 5.75 Å². The lowest BCUT2D eigenvalue weighted by atomic mass is 10.2. The highest BCUT2D eigenvalue weighted by Crippen LogP contribution is 2.26. The van der Waals surface area contributed by atoms with Crippen LogP contribution in [-0.2, 0) is 17.8 Å². The molecule has 0 saturated heterocycles. The smallest absolute Gasteiger partial charge is 0.233 e. The predicted octanol–water partition coefficient (Wildman–Crippen LogP) is 4.40. The second-order valence-electron chi connectivity index (χ2n) is 5.81. The van der Waals surface area contributed by atoms with Gasteiger partial charge in [0.15, 0.2) is 4.34 Å². The van der Waals surface area contributed by atoms with Crippen LogP contribution in [0.4, 0.5) is 5.13 Å². The summed E-state index contributed by atoms with van der Waals surface area (Å²) in [4.78, 5) is 15.7. The number of hydrogen-bond donors (Lipinski definition) is 1. The van der Waals surface area contributed by atoms with Gasteiger partial charge in [-0.2, -0.15) is 0 Å². The van der Waals surface area contributed by atoms with E-state index in [0.717, 1.165) is 28.0 Å². The molecule has 0 spiro atoms. The van der Waals surface area contributed by atoms with Crippen molar-refractivity contribution < 1.29 is 4.79 Å². The Morgan fingerprint density at radius 2 is 2.04 bits per heavy atom. The Morgan fingerprint density at radius 1 is 1.19 bits per heavy atom. The van der Waals surface area contributed by atoms with Crippen LogP contribution in [0.5, 0.6) is 0 Å². The van der Waals surface area contributed by atoms with Crippen LogP contribution in [0.1, 0.15) is 17.4 Å². The van der Waals surface area contributed by atoms with E-state index in [1.54, 1.807) is 11.3 Å². The summed E-state index contributed by atoms with van der Waals surface area (Å²) in [5.41, 5.74) is 1.14. The van der Waals surface area contributed by atoms with Crippen molar-refractivity contribution in [3.63, 3.8) is 0 Å². The van der Waals surface area contributed by atoms with Crippen molar-refractivity contribution in [1.82, 2.24) is 15.1 Å². The van der Waals surface area contributed by atoms with Crippen LogP contribution in [-0.4, -0.2) is 39.8 Å². The van der Waals surface area contributed by atoms with E-state index in [9.17, 15) is 4.79 Å². The molecule has 3 aromatic rings. The summed E-state index contributed by atoms with van der Waals surface area (Å²) in [6, 6.07) is 14.3. The van der Waals surface area contributed by atoms with Crippen LogP contribution in [0.2, 0.25) is 0 Å². The first-order valence-electron chi connectivity index (χ1n) is 8.79. The van der Waals surface area contributed by atoms with Gasteiger partial charge in [0.1, 0.15) is 0 Å². The standard InChI is InChI=1S/C19H22N4OS3/c1-2-23(13-15-7-4-3-5-8-15)17(24)14-26-19-22-21-18(27-19)20-11-10-16-9-6-12-25-16/h3-9,12H,2,10-11,13-14H2,1H3,(H,20,21). The minimum absolute atomic E-state index is 0.119. The molecule has 27 heavy (non-hydrogen) atoms. The fourth-order valence-electron chi connectivity index (χ4n) is 2.48. The molecule has 0 fully saturated rings. The Kier molecular flexibility index (Phi) is 7.67. The van der Waals surface area contributed by atoms with Crippen molar-refractivity contribution in [2.45, 2.75) is 24.2 Å². The first-order chi connectivity index (χ1) is 13.2. The maximum absolute atomic E-state index is 12.5. The molecule has 142 valence electrons. The Hall–Kier alpha value is -1.90. The number of amides is 1. The Bertz CT molecular complexity index is 821. The molecular formula is C19H22N4OS3. The lowest BCUT2D eigenvalue weighted by molar-refractivity contribution is -0.128. The number of rotatable bonds is 10.